The number of carbonyl (C=O) groups excluding carboxylic acids is 3. The van der Waals surface area contributed by atoms with E-state index in [2.05, 4.69) is 5.32 Å². The van der Waals surface area contributed by atoms with E-state index < -0.39 is 33.6 Å². The summed E-state index contributed by atoms with van der Waals surface area (Å²) >= 11 is 2.23. The molecule has 2 saturated heterocycles. The Morgan fingerprint density at radius 2 is 1.84 bits per heavy atom. The quantitative estimate of drug-likeness (QED) is 0.615. The molecule has 4 rings (SSSR count). The molecule has 32 heavy (non-hydrogen) atoms. The summed E-state index contributed by atoms with van der Waals surface area (Å²) in [6.07, 6.45) is 1.63. The third-order valence-corrected chi connectivity index (χ3v) is 8.38. The lowest BCUT2D eigenvalue weighted by atomic mass is 10.3. The molecule has 3 heterocycles. The molecule has 0 aliphatic carbocycles. The number of benzene rings is 1. The average Bonchev–Trinajstić information content (AvgIpc) is 3.39. The molecule has 168 valence electrons. The van der Waals surface area contributed by atoms with E-state index in [9.17, 15) is 22.8 Å². The van der Waals surface area contributed by atoms with E-state index in [1.54, 1.807) is 6.08 Å². The average molecular weight is 494 g/mol. The Kier molecular flexibility index (Phi) is 6.76. The van der Waals surface area contributed by atoms with Crippen LogP contribution in [0.1, 0.15) is 4.88 Å². The van der Waals surface area contributed by atoms with Crippen molar-refractivity contribution in [3.63, 3.8) is 0 Å². The number of rotatable bonds is 6. The second-order valence-electron chi connectivity index (χ2n) is 6.87. The van der Waals surface area contributed by atoms with Gasteiger partial charge in [0.25, 0.3) is 11.1 Å². The van der Waals surface area contributed by atoms with Crippen molar-refractivity contribution in [2.45, 2.75) is 4.90 Å². The van der Waals surface area contributed by atoms with E-state index >= 15 is 0 Å². The number of ether oxygens (including phenoxy) is 1. The summed E-state index contributed by atoms with van der Waals surface area (Å²) in [6, 6.07) is 9.42. The normalized spacial score (nSPS) is 19.0. The molecule has 9 nitrogen and oxygen atoms in total. The van der Waals surface area contributed by atoms with Gasteiger partial charge in [-0.1, -0.05) is 6.07 Å². The van der Waals surface area contributed by atoms with E-state index in [0.717, 1.165) is 21.5 Å². The lowest BCUT2D eigenvalue weighted by molar-refractivity contribution is -0.127. The third-order valence-electron chi connectivity index (χ3n) is 4.74. The van der Waals surface area contributed by atoms with Gasteiger partial charge < -0.3 is 10.1 Å². The fourth-order valence-corrected chi connectivity index (χ4v) is 6.10. The van der Waals surface area contributed by atoms with Crippen LogP contribution in [0.5, 0.6) is 0 Å². The molecule has 0 unspecified atom stereocenters. The summed E-state index contributed by atoms with van der Waals surface area (Å²) in [4.78, 5) is 39.2. The first kappa shape index (κ1) is 22.7. The first-order valence-electron chi connectivity index (χ1n) is 9.61. The lowest BCUT2D eigenvalue weighted by Crippen LogP contribution is -2.40. The molecule has 0 saturated carbocycles. The highest BCUT2D eigenvalue weighted by Crippen LogP contribution is 2.32. The van der Waals surface area contributed by atoms with Crippen LogP contribution in [0.25, 0.3) is 6.08 Å². The molecule has 3 amide bonds. The van der Waals surface area contributed by atoms with Crippen LogP contribution in [0.2, 0.25) is 0 Å². The zero-order valence-corrected chi connectivity index (χ0v) is 19.2. The SMILES string of the molecule is O=C(CN1C(=O)S/C(=C\c2cccs2)C1=O)Nc1ccc(S(=O)(=O)N2CCOCC2)cc1. The maximum atomic E-state index is 12.7. The van der Waals surface area contributed by atoms with Crippen molar-refractivity contribution in [2.75, 3.05) is 38.2 Å². The first-order valence-corrected chi connectivity index (χ1v) is 12.7. The molecule has 0 bridgehead atoms. The number of morpholine rings is 1. The number of carbonyl (C=O) groups is 3. The van der Waals surface area contributed by atoms with Crippen molar-refractivity contribution in [1.82, 2.24) is 9.21 Å². The molecule has 2 aromatic rings. The molecule has 1 aromatic carbocycles. The number of imide groups is 1. The van der Waals surface area contributed by atoms with Crippen LogP contribution in [-0.4, -0.2) is 67.5 Å². The standard InChI is InChI=1S/C20H19N3O6S3/c24-18(13-23-19(25)17(31-20(23)26)12-15-2-1-11-30-15)21-14-3-5-16(6-4-14)32(27,28)22-7-9-29-10-8-22/h1-6,11-12H,7-10,13H2,(H,21,24)/b17-12-. The number of nitrogens with one attached hydrogen (secondary N) is 1. The number of amides is 3. The van der Waals surface area contributed by atoms with Gasteiger partial charge in [-0.05, 0) is 53.5 Å². The van der Waals surface area contributed by atoms with Crippen molar-refractivity contribution in [1.29, 1.82) is 0 Å². The third kappa shape index (κ3) is 4.94. The fourth-order valence-electron chi connectivity index (χ4n) is 3.13. The van der Waals surface area contributed by atoms with Gasteiger partial charge in [0.15, 0.2) is 0 Å². The Morgan fingerprint density at radius 3 is 2.50 bits per heavy atom. The van der Waals surface area contributed by atoms with E-state index in [-0.39, 0.29) is 9.80 Å². The van der Waals surface area contributed by atoms with Gasteiger partial charge in [0.1, 0.15) is 6.54 Å². The molecule has 12 heteroatoms. The Hall–Kier alpha value is -2.51. The van der Waals surface area contributed by atoms with Crippen LogP contribution in [0.4, 0.5) is 10.5 Å². The highest BCUT2D eigenvalue weighted by Gasteiger charge is 2.36. The Bertz CT molecular complexity index is 1150. The van der Waals surface area contributed by atoms with Gasteiger partial charge in [0.05, 0.1) is 23.0 Å². The Labute approximate surface area is 193 Å². The minimum absolute atomic E-state index is 0.113. The smallest absolute Gasteiger partial charge is 0.294 e. The lowest BCUT2D eigenvalue weighted by Gasteiger charge is -2.26. The van der Waals surface area contributed by atoms with E-state index in [1.807, 2.05) is 17.5 Å². The van der Waals surface area contributed by atoms with Crippen molar-refractivity contribution in [3.05, 3.63) is 51.6 Å². The molecule has 2 fully saturated rings. The summed E-state index contributed by atoms with van der Waals surface area (Å²) in [7, 11) is -3.63. The van der Waals surface area contributed by atoms with E-state index in [1.165, 1.54) is 39.9 Å². The molecular weight excluding hydrogens is 474 g/mol. The van der Waals surface area contributed by atoms with Gasteiger partial charge in [0, 0.05) is 23.7 Å². The topological polar surface area (TPSA) is 113 Å². The van der Waals surface area contributed by atoms with Gasteiger partial charge in [-0.15, -0.1) is 11.3 Å². The predicted octanol–water partition coefficient (Wildman–Crippen LogP) is 2.44. The number of hydrogen-bond donors (Lipinski definition) is 1. The number of anilines is 1. The Balaban J connectivity index is 1.38. The molecule has 1 aromatic heterocycles. The number of nitrogens with zero attached hydrogens (tertiary/aromatic N) is 2. The van der Waals surface area contributed by atoms with Crippen molar-refractivity contribution in [3.8, 4) is 0 Å². The maximum Gasteiger partial charge on any atom is 0.294 e. The van der Waals surface area contributed by atoms with Crippen molar-refractivity contribution in [2.24, 2.45) is 0 Å². The zero-order chi connectivity index (χ0) is 22.7. The molecule has 2 aliphatic heterocycles. The van der Waals surface area contributed by atoms with Crippen LogP contribution in [0.3, 0.4) is 0 Å². The Morgan fingerprint density at radius 1 is 1.12 bits per heavy atom. The number of sulfonamides is 1. The summed E-state index contributed by atoms with van der Waals surface area (Å²) < 4.78 is 31.9. The van der Waals surface area contributed by atoms with Gasteiger partial charge in [-0.3, -0.25) is 19.3 Å². The predicted molar refractivity (Wildman–Crippen MR) is 122 cm³/mol. The van der Waals surface area contributed by atoms with Gasteiger partial charge in [0.2, 0.25) is 15.9 Å². The van der Waals surface area contributed by atoms with Crippen molar-refractivity contribution >= 4 is 61.9 Å². The largest absolute Gasteiger partial charge is 0.379 e. The summed E-state index contributed by atoms with van der Waals surface area (Å²) in [5, 5.41) is 3.94. The summed E-state index contributed by atoms with van der Waals surface area (Å²) in [5.74, 6) is -1.08. The first-order chi connectivity index (χ1) is 15.3. The highest BCUT2D eigenvalue weighted by atomic mass is 32.2. The maximum absolute atomic E-state index is 12.7. The minimum Gasteiger partial charge on any atom is -0.379 e. The molecule has 2 aliphatic rings. The molecule has 0 atom stereocenters. The molecule has 1 N–H and O–H groups in total. The van der Waals surface area contributed by atoms with Gasteiger partial charge in [-0.25, -0.2) is 8.42 Å². The second-order valence-corrected chi connectivity index (χ2v) is 10.8. The second kappa shape index (κ2) is 9.55. The molecule has 0 spiro atoms. The van der Waals surface area contributed by atoms with Crippen LogP contribution >= 0.6 is 23.1 Å². The van der Waals surface area contributed by atoms with Crippen LogP contribution < -0.4 is 5.32 Å². The van der Waals surface area contributed by atoms with Crippen LogP contribution in [0.15, 0.2) is 51.6 Å². The number of thioether (sulfide) groups is 1. The van der Waals surface area contributed by atoms with Gasteiger partial charge >= 0.3 is 0 Å². The van der Waals surface area contributed by atoms with Gasteiger partial charge in [-0.2, -0.15) is 4.31 Å². The highest BCUT2D eigenvalue weighted by molar-refractivity contribution is 8.18. The minimum atomic E-state index is -3.63. The van der Waals surface area contributed by atoms with Crippen LogP contribution in [0, 0.1) is 0 Å². The monoisotopic (exact) mass is 493 g/mol. The van der Waals surface area contributed by atoms with E-state index in [4.69, 9.17) is 4.74 Å². The van der Waals surface area contributed by atoms with Crippen molar-refractivity contribution < 1.29 is 27.5 Å². The fraction of sp³-hybridized carbons (Fsp3) is 0.250. The summed E-state index contributed by atoms with van der Waals surface area (Å²) in [5.41, 5.74) is 0.358. The molecule has 0 radical (unpaired) electrons. The van der Waals surface area contributed by atoms with E-state index in [0.29, 0.717) is 32.0 Å². The number of hydrogen-bond acceptors (Lipinski definition) is 8. The molecular formula is C20H19N3O6S3. The van der Waals surface area contributed by atoms with Crippen LogP contribution in [-0.2, 0) is 24.3 Å². The summed E-state index contributed by atoms with van der Waals surface area (Å²) in [6.45, 7) is 0.854. The number of thiophene rings is 1. The zero-order valence-electron chi connectivity index (χ0n) is 16.7.